The summed E-state index contributed by atoms with van der Waals surface area (Å²) in [5.74, 6) is 0.625. The number of carbonyl (C=O) groups excluding carboxylic acids is 1. The van der Waals surface area contributed by atoms with Gasteiger partial charge in [-0.2, -0.15) is 5.26 Å². The van der Waals surface area contributed by atoms with E-state index in [9.17, 15) is 4.79 Å². The molecule has 0 atom stereocenters. The number of nitriles is 1. The van der Waals surface area contributed by atoms with Gasteiger partial charge in [0.25, 0.3) is 0 Å². The van der Waals surface area contributed by atoms with Gasteiger partial charge < -0.3 is 15.5 Å². The van der Waals surface area contributed by atoms with Crippen molar-refractivity contribution in [3.63, 3.8) is 0 Å². The number of aliphatic imine (C=N–C) groups is 1. The normalized spacial score (nSPS) is 11.6. The summed E-state index contributed by atoms with van der Waals surface area (Å²) in [6.07, 6.45) is 0. The SMILES string of the molecule is CCNC(=NCc1ccc(C#N)cc1)N(C)CC(=O)NC(C)(C)C. The van der Waals surface area contributed by atoms with Crippen molar-refractivity contribution in [3.05, 3.63) is 35.4 Å². The van der Waals surface area contributed by atoms with Crippen LogP contribution < -0.4 is 10.6 Å². The van der Waals surface area contributed by atoms with E-state index in [1.807, 2.05) is 46.9 Å². The summed E-state index contributed by atoms with van der Waals surface area (Å²) in [6.45, 7) is 9.28. The minimum absolute atomic E-state index is 0.0472. The number of hydrogen-bond acceptors (Lipinski definition) is 3. The lowest BCUT2D eigenvalue weighted by atomic mass is 10.1. The van der Waals surface area contributed by atoms with Crippen molar-refractivity contribution in [1.29, 1.82) is 5.26 Å². The maximum Gasteiger partial charge on any atom is 0.240 e. The van der Waals surface area contributed by atoms with Gasteiger partial charge in [0.15, 0.2) is 5.96 Å². The molecule has 24 heavy (non-hydrogen) atoms. The van der Waals surface area contributed by atoms with Gasteiger partial charge in [0.2, 0.25) is 5.91 Å². The van der Waals surface area contributed by atoms with Crippen molar-refractivity contribution in [2.24, 2.45) is 4.99 Å². The number of likely N-dealkylation sites (N-methyl/N-ethyl adjacent to an activating group) is 1. The van der Waals surface area contributed by atoms with Crippen LogP contribution in [0.1, 0.15) is 38.8 Å². The zero-order valence-electron chi connectivity index (χ0n) is 15.2. The minimum Gasteiger partial charge on any atom is -0.357 e. The second-order valence-electron chi connectivity index (χ2n) is 6.63. The van der Waals surface area contributed by atoms with Gasteiger partial charge in [0.1, 0.15) is 0 Å². The lowest BCUT2D eigenvalue weighted by molar-refractivity contribution is -0.122. The van der Waals surface area contributed by atoms with Crippen LogP contribution in [0.15, 0.2) is 29.3 Å². The molecule has 6 heteroatoms. The Morgan fingerprint density at radius 1 is 1.29 bits per heavy atom. The summed E-state index contributed by atoms with van der Waals surface area (Å²) >= 11 is 0. The number of nitrogens with one attached hydrogen (secondary N) is 2. The third-order valence-corrected chi connectivity index (χ3v) is 3.09. The lowest BCUT2D eigenvalue weighted by Crippen LogP contribution is -2.48. The van der Waals surface area contributed by atoms with Gasteiger partial charge in [-0.15, -0.1) is 0 Å². The molecule has 6 nitrogen and oxygen atoms in total. The van der Waals surface area contributed by atoms with Crippen LogP contribution in [0.2, 0.25) is 0 Å². The molecule has 1 aromatic carbocycles. The third-order valence-electron chi connectivity index (χ3n) is 3.09. The molecule has 0 aliphatic heterocycles. The maximum atomic E-state index is 12.1. The lowest BCUT2D eigenvalue weighted by Gasteiger charge is -2.25. The number of carbonyl (C=O) groups is 1. The molecule has 0 heterocycles. The Hall–Kier alpha value is -2.55. The summed E-state index contributed by atoms with van der Waals surface area (Å²) in [6, 6.07) is 9.42. The number of amides is 1. The molecule has 1 amide bonds. The van der Waals surface area contributed by atoms with E-state index in [0.29, 0.717) is 18.1 Å². The molecule has 0 fully saturated rings. The Balaban J connectivity index is 2.73. The Bertz CT molecular complexity index is 608. The summed E-state index contributed by atoms with van der Waals surface area (Å²) in [5.41, 5.74) is 1.39. The van der Waals surface area contributed by atoms with Crippen LogP contribution in [0.25, 0.3) is 0 Å². The van der Waals surface area contributed by atoms with Crippen molar-refractivity contribution in [2.75, 3.05) is 20.1 Å². The molecule has 1 rings (SSSR count). The van der Waals surface area contributed by atoms with E-state index in [1.165, 1.54) is 0 Å². The van der Waals surface area contributed by atoms with E-state index in [4.69, 9.17) is 5.26 Å². The van der Waals surface area contributed by atoms with Crippen molar-refractivity contribution in [2.45, 2.75) is 39.8 Å². The predicted octanol–water partition coefficient (Wildman–Crippen LogP) is 1.87. The van der Waals surface area contributed by atoms with E-state index in [1.54, 1.807) is 17.0 Å². The first-order valence-electron chi connectivity index (χ1n) is 8.04. The first-order chi connectivity index (χ1) is 11.2. The van der Waals surface area contributed by atoms with Crippen molar-refractivity contribution in [3.8, 4) is 6.07 Å². The molecule has 0 spiro atoms. The summed E-state index contributed by atoms with van der Waals surface area (Å²) in [4.78, 5) is 18.4. The zero-order chi connectivity index (χ0) is 18.2. The second kappa shape index (κ2) is 8.92. The zero-order valence-corrected chi connectivity index (χ0v) is 15.2. The number of nitrogens with zero attached hydrogens (tertiary/aromatic N) is 3. The number of benzene rings is 1. The van der Waals surface area contributed by atoms with E-state index in [-0.39, 0.29) is 18.0 Å². The summed E-state index contributed by atoms with van der Waals surface area (Å²) < 4.78 is 0. The van der Waals surface area contributed by atoms with Crippen LogP contribution in [0, 0.1) is 11.3 Å². The van der Waals surface area contributed by atoms with Gasteiger partial charge in [-0.05, 0) is 45.4 Å². The first-order valence-corrected chi connectivity index (χ1v) is 8.04. The van der Waals surface area contributed by atoms with Gasteiger partial charge in [-0.25, -0.2) is 4.99 Å². The van der Waals surface area contributed by atoms with Crippen molar-refractivity contribution in [1.82, 2.24) is 15.5 Å². The fraction of sp³-hybridized carbons (Fsp3) is 0.500. The Labute approximate surface area is 144 Å². The summed E-state index contributed by atoms with van der Waals surface area (Å²) in [5, 5.41) is 14.9. The topological polar surface area (TPSA) is 80.5 Å². The Morgan fingerprint density at radius 2 is 1.92 bits per heavy atom. The van der Waals surface area contributed by atoms with Crippen LogP contribution in [0.3, 0.4) is 0 Å². The quantitative estimate of drug-likeness (QED) is 0.638. The third kappa shape index (κ3) is 7.14. The molecule has 2 N–H and O–H groups in total. The molecule has 0 saturated carbocycles. The van der Waals surface area contributed by atoms with Gasteiger partial charge in [-0.3, -0.25) is 4.79 Å². The van der Waals surface area contributed by atoms with Crippen molar-refractivity contribution >= 4 is 11.9 Å². The molecular weight excluding hydrogens is 302 g/mol. The summed E-state index contributed by atoms with van der Waals surface area (Å²) in [7, 11) is 1.84. The van der Waals surface area contributed by atoms with E-state index in [2.05, 4.69) is 21.7 Å². The Morgan fingerprint density at radius 3 is 2.42 bits per heavy atom. The number of guanidine groups is 1. The standard InChI is InChI=1S/C18H27N5O/c1-6-20-17(23(5)13-16(24)22-18(2,3)4)21-12-15-9-7-14(11-19)8-10-15/h7-10H,6,12-13H2,1-5H3,(H,20,21)(H,22,24). The number of rotatable bonds is 5. The van der Waals surface area contributed by atoms with Crippen LogP contribution >= 0.6 is 0 Å². The van der Waals surface area contributed by atoms with E-state index in [0.717, 1.165) is 12.1 Å². The van der Waals surface area contributed by atoms with Crippen molar-refractivity contribution < 1.29 is 4.79 Å². The Kier molecular flexibility index (Phi) is 7.25. The highest BCUT2D eigenvalue weighted by Gasteiger charge is 2.16. The molecule has 0 bridgehead atoms. The van der Waals surface area contributed by atoms with Crippen LogP contribution in [-0.4, -0.2) is 42.4 Å². The molecule has 130 valence electrons. The van der Waals surface area contributed by atoms with E-state index < -0.39 is 0 Å². The molecule has 0 aromatic heterocycles. The second-order valence-corrected chi connectivity index (χ2v) is 6.63. The number of hydrogen-bond donors (Lipinski definition) is 2. The fourth-order valence-corrected chi connectivity index (χ4v) is 2.07. The smallest absolute Gasteiger partial charge is 0.240 e. The highest BCUT2D eigenvalue weighted by Crippen LogP contribution is 2.05. The molecule has 0 saturated heterocycles. The first kappa shape index (κ1) is 19.5. The van der Waals surface area contributed by atoms with Gasteiger partial charge in [-0.1, -0.05) is 12.1 Å². The highest BCUT2D eigenvalue weighted by atomic mass is 16.2. The minimum atomic E-state index is -0.254. The molecule has 0 aliphatic carbocycles. The molecule has 1 aromatic rings. The predicted molar refractivity (Wildman–Crippen MR) is 96.5 cm³/mol. The molecule has 0 aliphatic rings. The van der Waals surface area contributed by atoms with Gasteiger partial charge in [0, 0.05) is 19.1 Å². The monoisotopic (exact) mass is 329 g/mol. The molecular formula is C18H27N5O. The van der Waals surface area contributed by atoms with Crippen LogP contribution in [-0.2, 0) is 11.3 Å². The molecule has 0 radical (unpaired) electrons. The highest BCUT2D eigenvalue weighted by molar-refractivity contribution is 5.86. The van der Waals surface area contributed by atoms with Gasteiger partial charge >= 0.3 is 0 Å². The van der Waals surface area contributed by atoms with E-state index >= 15 is 0 Å². The molecule has 0 unspecified atom stereocenters. The maximum absolute atomic E-state index is 12.1. The van der Waals surface area contributed by atoms with Crippen LogP contribution in [0.4, 0.5) is 0 Å². The van der Waals surface area contributed by atoms with Crippen LogP contribution in [0.5, 0.6) is 0 Å². The average Bonchev–Trinajstić information content (AvgIpc) is 2.49. The largest absolute Gasteiger partial charge is 0.357 e. The average molecular weight is 329 g/mol. The van der Waals surface area contributed by atoms with Gasteiger partial charge in [0.05, 0.1) is 24.7 Å². The fourth-order valence-electron chi connectivity index (χ4n) is 2.07.